The minimum Gasteiger partial charge on any atom is -0.386 e. The average molecular weight is 256 g/mol. The summed E-state index contributed by atoms with van der Waals surface area (Å²) >= 11 is 1.91. The van der Waals surface area contributed by atoms with Gasteiger partial charge in [-0.2, -0.15) is 11.8 Å². The summed E-state index contributed by atoms with van der Waals surface area (Å²) in [5.74, 6) is 2.85. The van der Waals surface area contributed by atoms with Gasteiger partial charge in [-0.15, -0.1) is 0 Å². The van der Waals surface area contributed by atoms with E-state index in [0.717, 1.165) is 30.9 Å². The molecule has 0 aromatic rings. The van der Waals surface area contributed by atoms with Crippen molar-refractivity contribution < 1.29 is 9.90 Å². The molecule has 1 aliphatic carbocycles. The van der Waals surface area contributed by atoms with Crippen molar-refractivity contribution in [3.05, 3.63) is 0 Å². The molecule has 1 saturated carbocycles. The van der Waals surface area contributed by atoms with Crippen molar-refractivity contribution in [2.75, 3.05) is 31.1 Å². The summed E-state index contributed by atoms with van der Waals surface area (Å²) in [6, 6.07) is 0.330. The lowest BCUT2D eigenvalue weighted by atomic mass is 9.88. The Morgan fingerprint density at radius 3 is 2.82 bits per heavy atom. The summed E-state index contributed by atoms with van der Waals surface area (Å²) in [6.07, 6.45) is 2.87. The van der Waals surface area contributed by atoms with Crippen LogP contribution >= 0.6 is 11.8 Å². The molecule has 1 unspecified atom stereocenters. The molecule has 2 N–H and O–H groups in total. The Balaban J connectivity index is 1.44. The molecule has 0 aromatic carbocycles. The Morgan fingerprint density at radius 1 is 1.47 bits per heavy atom. The van der Waals surface area contributed by atoms with E-state index in [0.29, 0.717) is 31.5 Å². The van der Waals surface area contributed by atoms with Crippen LogP contribution in [0.4, 0.5) is 0 Å². The van der Waals surface area contributed by atoms with Crippen molar-refractivity contribution in [1.29, 1.82) is 0 Å². The molecule has 2 aliphatic heterocycles. The van der Waals surface area contributed by atoms with Gasteiger partial charge < -0.3 is 15.3 Å². The van der Waals surface area contributed by atoms with E-state index >= 15 is 0 Å². The predicted molar refractivity (Wildman–Crippen MR) is 68.0 cm³/mol. The van der Waals surface area contributed by atoms with E-state index in [1.807, 2.05) is 16.7 Å². The van der Waals surface area contributed by atoms with Crippen LogP contribution in [0.15, 0.2) is 0 Å². The van der Waals surface area contributed by atoms with Crippen LogP contribution in [0.2, 0.25) is 0 Å². The number of nitrogens with one attached hydrogen (secondary N) is 1. The predicted octanol–water partition coefficient (Wildman–Crippen LogP) is 0.0648. The Kier molecular flexibility index (Phi) is 3.09. The molecule has 3 aliphatic rings. The fourth-order valence-electron chi connectivity index (χ4n) is 2.76. The number of carbonyl (C=O) groups excluding carboxylic acids is 1. The molecule has 0 spiro atoms. The van der Waals surface area contributed by atoms with Gasteiger partial charge in [-0.3, -0.25) is 4.79 Å². The van der Waals surface area contributed by atoms with E-state index in [1.54, 1.807) is 0 Å². The third-order valence-electron chi connectivity index (χ3n) is 4.04. The van der Waals surface area contributed by atoms with Crippen molar-refractivity contribution in [1.82, 2.24) is 10.2 Å². The molecule has 17 heavy (non-hydrogen) atoms. The number of thioether (sulfide) groups is 1. The van der Waals surface area contributed by atoms with Crippen LogP contribution in [0.25, 0.3) is 0 Å². The quantitative estimate of drug-likeness (QED) is 0.750. The second kappa shape index (κ2) is 4.44. The molecule has 3 fully saturated rings. The standard InChI is InChI=1S/C12H20N2O2S/c15-11(5-10-6-17-4-3-13-10)14-7-12(16,8-14)9-1-2-9/h9-10,13,16H,1-8H2. The normalized spacial score (nSPS) is 32.1. The maximum atomic E-state index is 12.0. The summed E-state index contributed by atoms with van der Waals surface area (Å²) in [6.45, 7) is 2.14. The molecule has 1 atom stereocenters. The van der Waals surface area contributed by atoms with Gasteiger partial charge >= 0.3 is 0 Å². The van der Waals surface area contributed by atoms with Crippen LogP contribution < -0.4 is 5.32 Å². The zero-order chi connectivity index (χ0) is 11.9. The second-order valence-corrected chi connectivity index (χ2v) is 6.71. The number of hydrogen-bond donors (Lipinski definition) is 2. The van der Waals surface area contributed by atoms with Gasteiger partial charge in [0.1, 0.15) is 5.60 Å². The molecule has 1 amide bonds. The van der Waals surface area contributed by atoms with Crippen LogP contribution in [0, 0.1) is 5.92 Å². The lowest BCUT2D eigenvalue weighted by Gasteiger charge is -2.47. The summed E-state index contributed by atoms with van der Waals surface area (Å²) in [4.78, 5) is 13.8. The fraction of sp³-hybridized carbons (Fsp3) is 0.917. The number of nitrogens with zero attached hydrogens (tertiary/aromatic N) is 1. The van der Waals surface area contributed by atoms with Gasteiger partial charge in [-0.1, -0.05) is 0 Å². The average Bonchev–Trinajstić information content (AvgIpc) is 3.10. The summed E-state index contributed by atoms with van der Waals surface area (Å²) in [7, 11) is 0. The number of amides is 1. The van der Waals surface area contributed by atoms with E-state index in [9.17, 15) is 9.90 Å². The van der Waals surface area contributed by atoms with Crippen LogP contribution in [-0.4, -0.2) is 58.7 Å². The smallest absolute Gasteiger partial charge is 0.224 e. The first-order chi connectivity index (χ1) is 8.17. The van der Waals surface area contributed by atoms with Gasteiger partial charge in [0, 0.05) is 30.5 Å². The largest absolute Gasteiger partial charge is 0.386 e. The lowest BCUT2D eigenvalue weighted by molar-refractivity contribution is -0.159. The third-order valence-corrected chi connectivity index (χ3v) is 5.17. The maximum Gasteiger partial charge on any atom is 0.224 e. The van der Waals surface area contributed by atoms with Gasteiger partial charge in [-0.05, 0) is 18.8 Å². The van der Waals surface area contributed by atoms with Gasteiger partial charge in [0.25, 0.3) is 0 Å². The van der Waals surface area contributed by atoms with Crippen LogP contribution in [0.1, 0.15) is 19.3 Å². The molecule has 2 saturated heterocycles. The van der Waals surface area contributed by atoms with E-state index in [2.05, 4.69) is 5.32 Å². The molecule has 96 valence electrons. The van der Waals surface area contributed by atoms with Crippen molar-refractivity contribution >= 4 is 17.7 Å². The Hall–Kier alpha value is -0.260. The zero-order valence-corrected chi connectivity index (χ0v) is 10.8. The highest BCUT2D eigenvalue weighted by Gasteiger charge is 2.53. The Bertz CT molecular complexity index is 308. The van der Waals surface area contributed by atoms with Crippen molar-refractivity contribution in [3.8, 4) is 0 Å². The van der Waals surface area contributed by atoms with Crippen LogP contribution in [0.3, 0.4) is 0 Å². The zero-order valence-electron chi connectivity index (χ0n) is 10.0. The maximum absolute atomic E-state index is 12.0. The van der Waals surface area contributed by atoms with Crippen molar-refractivity contribution in [2.45, 2.75) is 30.9 Å². The van der Waals surface area contributed by atoms with Crippen LogP contribution in [0.5, 0.6) is 0 Å². The van der Waals surface area contributed by atoms with E-state index in [-0.39, 0.29) is 5.91 Å². The number of carbonyl (C=O) groups is 1. The van der Waals surface area contributed by atoms with Crippen LogP contribution in [-0.2, 0) is 4.79 Å². The third kappa shape index (κ3) is 2.46. The number of rotatable bonds is 3. The number of β-amino-alcohol motifs (C(OH)–C–C–N with tert-alkyl or cyclic N) is 1. The topological polar surface area (TPSA) is 52.6 Å². The highest BCUT2D eigenvalue weighted by atomic mass is 32.2. The van der Waals surface area contributed by atoms with Crippen molar-refractivity contribution in [2.24, 2.45) is 5.92 Å². The highest BCUT2D eigenvalue weighted by molar-refractivity contribution is 7.99. The molecule has 0 radical (unpaired) electrons. The van der Waals surface area contributed by atoms with Gasteiger partial charge in [0.2, 0.25) is 5.91 Å². The minimum absolute atomic E-state index is 0.204. The van der Waals surface area contributed by atoms with Gasteiger partial charge in [0.05, 0.1) is 13.1 Å². The fourth-order valence-corrected chi connectivity index (χ4v) is 3.71. The molecule has 0 aromatic heterocycles. The SMILES string of the molecule is O=C(CC1CSCCN1)N1CC(O)(C2CC2)C1. The molecule has 2 heterocycles. The first kappa shape index (κ1) is 11.8. The molecule has 0 bridgehead atoms. The number of hydrogen-bond acceptors (Lipinski definition) is 4. The van der Waals surface area contributed by atoms with E-state index in [4.69, 9.17) is 0 Å². The molecular formula is C12H20N2O2S. The minimum atomic E-state index is -0.537. The van der Waals surface area contributed by atoms with Gasteiger partial charge in [-0.25, -0.2) is 0 Å². The van der Waals surface area contributed by atoms with E-state index in [1.165, 1.54) is 0 Å². The molecule has 4 nitrogen and oxygen atoms in total. The molecule has 5 heteroatoms. The first-order valence-corrected chi connectivity index (χ1v) is 7.64. The summed E-state index contributed by atoms with van der Waals surface area (Å²) in [5.41, 5.74) is -0.537. The molecule has 3 rings (SSSR count). The first-order valence-electron chi connectivity index (χ1n) is 6.49. The Morgan fingerprint density at radius 2 is 2.24 bits per heavy atom. The van der Waals surface area contributed by atoms with Crippen molar-refractivity contribution in [3.63, 3.8) is 0 Å². The lowest BCUT2D eigenvalue weighted by Crippen LogP contribution is -2.65. The summed E-state index contributed by atoms with van der Waals surface area (Å²) in [5, 5.41) is 13.5. The second-order valence-electron chi connectivity index (χ2n) is 5.56. The number of aliphatic hydroxyl groups is 1. The van der Waals surface area contributed by atoms with Gasteiger partial charge in [0.15, 0.2) is 0 Å². The Labute approximate surface area is 106 Å². The van der Waals surface area contributed by atoms with E-state index < -0.39 is 5.60 Å². The monoisotopic (exact) mass is 256 g/mol. The molecular weight excluding hydrogens is 236 g/mol. The highest BCUT2D eigenvalue weighted by Crippen LogP contribution is 2.44. The summed E-state index contributed by atoms with van der Waals surface area (Å²) < 4.78 is 0. The number of likely N-dealkylation sites (tertiary alicyclic amines) is 1.